The summed E-state index contributed by atoms with van der Waals surface area (Å²) in [6.07, 6.45) is 18.7. The fourth-order valence-electron chi connectivity index (χ4n) is 2.09. The third-order valence-electron chi connectivity index (χ3n) is 3.16. The SMILES string of the molecule is C1=CNc2ccccc2N=C/C=C\N=C2C=CC=CC2N=C1. The molecule has 1 aliphatic carbocycles. The number of nitrogens with zero attached hydrogens (tertiary/aromatic N) is 3. The molecule has 0 saturated heterocycles. The topological polar surface area (TPSA) is 49.1 Å². The number of hydrogen-bond donors (Lipinski definition) is 1. The van der Waals surface area contributed by atoms with E-state index in [4.69, 9.17) is 0 Å². The molecule has 1 unspecified atom stereocenters. The maximum atomic E-state index is 4.50. The highest BCUT2D eigenvalue weighted by Gasteiger charge is 2.09. The molecule has 3 rings (SSSR count). The average molecular weight is 288 g/mol. The van der Waals surface area contributed by atoms with Gasteiger partial charge in [0.15, 0.2) is 0 Å². The Kier molecular flexibility index (Phi) is 4.52. The van der Waals surface area contributed by atoms with Crippen LogP contribution < -0.4 is 5.32 Å². The van der Waals surface area contributed by atoms with Crippen molar-refractivity contribution in [2.24, 2.45) is 15.0 Å². The lowest BCUT2D eigenvalue weighted by molar-refractivity contribution is 1.08. The lowest BCUT2D eigenvalue weighted by Gasteiger charge is -2.09. The first-order valence-corrected chi connectivity index (χ1v) is 7.09. The molecule has 0 radical (unpaired) electrons. The van der Waals surface area contributed by atoms with E-state index in [9.17, 15) is 0 Å². The Hall–Kier alpha value is -3.01. The number of para-hydroxylation sites is 2. The van der Waals surface area contributed by atoms with Gasteiger partial charge >= 0.3 is 0 Å². The zero-order chi connectivity index (χ0) is 15.0. The monoisotopic (exact) mass is 288 g/mol. The van der Waals surface area contributed by atoms with E-state index in [0.717, 1.165) is 17.1 Å². The van der Waals surface area contributed by atoms with Gasteiger partial charge in [0, 0.05) is 24.8 Å². The molecule has 1 atom stereocenters. The van der Waals surface area contributed by atoms with Crippen LogP contribution in [0.1, 0.15) is 0 Å². The Morgan fingerprint density at radius 2 is 1.91 bits per heavy atom. The van der Waals surface area contributed by atoms with E-state index in [0.29, 0.717) is 0 Å². The Labute approximate surface area is 129 Å². The number of nitrogens with one attached hydrogen (secondary N) is 1. The summed E-state index contributed by atoms with van der Waals surface area (Å²) in [6.45, 7) is 0. The third-order valence-corrected chi connectivity index (χ3v) is 3.16. The van der Waals surface area contributed by atoms with Gasteiger partial charge in [0.25, 0.3) is 0 Å². The van der Waals surface area contributed by atoms with E-state index in [-0.39, 0.29) is 6.04 Å². The summed E-state index contributed by atoms with van der Waals surface area (Å²) in [5.41, 5.74) is 2.72. The van der Waals surface area contributed by atoms with Crippen molar-refractivity contribution in [1.29, 1.82) is 0 Å². The van der Waals surface area contributed by atoms with Crippen molar-refractivity contribution in [2.75, 3.05) is 5.32 Å². The number of fused-ring (bicyclic) bond motifs is 2. The Balaban J connectivity index is 1.92. The first kappa shape index (κ1) is 13.9. The van der Waals surface area contributed by atoms with Gasteiger partial charge in [0.1, 0.15) is 6.04 Å². The minimum absolute atomic E-state index is 0.0496. The van der Waals surface area contributed by atoms with Crippen molar-refractivity contribution >= 4 is 29.5 Å². The van der Waals surface area contributed by atoms with Crippen LogP contribution >= 0.6 is 0 Å². The number of anilines is 1. The molecule has 1 aromatic rings. The van der Waals surface area contributed by atoms with Crippen LogP contribution in [0.25, 0.3) is 0 Å². The molecule has 0 saturated carbocycles. The summed E-state index contributed by atoms with van der Waals surface area (Å²) in [5.74, 6) is 0. The van der Waals surface area contributed by atoms with Crippen molar-refractivity contribution in [2.45, 2.75) is 6.04 Å². The van der Waals surface area contributed by atoms with Crippen LogP contribution in [0.15, 0.2) is 88.1 Å². The van der Waals surface area contributed by atoms with E-state index >= 15 is 0 Å². The Bertz CT molecular complexity index is 733. The third kappa shape index (κ3) is 3.55. The first-order chi connectivity index (χ1) is 10.9. The summed E-state index contributed by atoms with van der Waals surface area (Å²) in [5, 5.41) is 3.22. The van der Waals surface area contributed by atoms with E-state index < -0.39 is 0 Å². The second-order valence-corrected chi connectivity index (χ2v) is 4.68. The van der Waals surface area contributed by atoms with Gasteiger partial charge in [-0.05, 0) is 30.4 Å². The van der Waals surface area contributed by atoms with Crippen LogP contribution in [0.2, 0.25) is 0 Å². The highest BCUT2D eigenvalue weighted by molar-refractivity contribution is 6.03. The van der Waals surface area contributed by atoms with Gasteiger partial charge in [-0.3, -0.25) is 15.0 Å². The van der Waals surface area contributed by atoms with Crippen LogP contribution in [0.3, 0.4) is 0 Å². The Morgan fingerprint density at radius 1 is 0.955 bits per heavy atom. The normalized spacial score (nSPS) is 21.3. The van der Waals surface area contributed by atoms with Gasteiger partial charge in [0.2, 0.25) is 0 Å². The molecule has 1 N–H and O–H groups in total. The Morgan fingerprint density at radius 3 is 2.91 bits per heavy atom. The molecule has 22 heavy (non-hydrogen) atoms. The first-order valence-electron chi connectivity index (χ1n) is 7.09. The molecule has 1 aromatic carbocycles. The van der Waals surface area contributed by atoms with Crippen LogP contribution in [0.4, 0.5) is 11.4 Å². The number of rotatable bonds is 0. The van der Waals surface area contributed by atoms with Crippen molar-refractivity contribution in [3.05, 3.63) is 73.1 Å². The average Bonchev–Trinajstić information content (AvgIpc) is 2.56. The van der Waals surface area contributed by atoms with Crippen molar-refractivity contribution in [3.8, 4) is 0 Å². The zero-order valence-corrected chi connectivity index (χ0v) is 12.0. The van der Waals surface area contributed by atoms with E-state index in [1.165, 1.54) is 0 Å². The lowest BCUT2D eigenvalue weighted by atomic mass is 10.1. The highest BCUT2D eigenvalue weighted by Crippen LogP contribution is 2.23. The molecule has 108 valence electrons. The van der Waals surface area contributed by atoms with Crippen LogP contribution in [0.5, 0.6) is 0 Å². The summed E-state index contributed by atoms with van der Waals surface area (Å²) < 4.78 is 0. The highest BCUT2D eigenvalue weighted by atomic mass is 14.9. The maximum absolute atomic E-state index is 4.50. The summed E-state index contributed by atoms with van der Waals surface area (Å²) in [4.78, 5) is 13.4. The molecule has 0 aromatic heterocycles. The molecule has 0 bridgehead atoms. The molecule has 1 heterocycles. The number of benzene rings is 1. The van der Waals surface area contributed by atoms with Gasteiger partial charge in [-0.25, -0.2) is 0 Å². The number of hydrogen-bond acceptors (Lipinski definition) is 4. The molecular formula is C18H16N4. The molecule has 2 aliphatic rings. The molecule has 4 nitrogen and oxygen atoms in total. The van der Waals surface area contributed by atoms with Crippen molar-refractivity contribution in [3.63, 3.8) is 0 Å². The molecule has 0 amide bonds. The quantitative estimate of drug-likeness (QED) is 0.774. The molecule has 1 aliphatic heterocycles. The number of allylic oxidation sites excluding steroid dienone is 4. The predicted octanol–water partition coefficient (Wildman–Crippen LogP) is 3.85. The zero-order valence-electron chi connectivity index (χ0n) is 12.0. The second-order valence-electron chi connectivity index (χ2n) is 4.68. The van der Waals surface area contributed by atoms with Crippen LogP contribution in [0, 0.1) is 0 Å². The number of aliphatic imine (C=N–C) groups is 3. The standard InChI is InChI=1S/C18H16N4/c1-2-8-16-15(7-1)19-11-5-13-21-17-9-3-4-10-18(17)22-14-6-12-20-16/h1-15,21H/b12-6-,13-5?,19-11?,20-16?,22-14?. The van der Waals surface area contributed by atoms with Gasteiger partial charge in [-0.1, -0.05) is 30.4 Å². The van der Waals surface area contributed by atoms with E-state index in [2.05, 4.69) is 20.3 Å². The second kappa shape index (κ2) is 7.13. The molecule has 4 heteroatoms. The smallest absolute Gasteiger partial charge is 0.110 e. The van der Waals surface area contributed by atoms with Gasteiger partial charge in [0.05, 0.1) is 17.1 Å². The van der Waals surface area contributed by atoms with Crippen molar-refractivity contribution < 1.29 is 0 Å². The van der Waals surface area contributed by atoms with Gasteiger partial charge < -0.3 is 5.32 Å². The van der Waals surface area contributed by atoms with Crippen molar-refractivity contribution in [1.82, 2.24) is 0 Å². The molecule has 0 spiro atoms. The fourth-order valence-corrected chi connectivity index (χ4v) is 2.09. The maximum Gasteiger partial charge on any atom is 0.110 e. The fraction of sp³-hybridized carbons (Fsp3) is 0.0556. The largest absolute Gasteiger partial charge is 0.360 e. The predicted molar refractivity (Wildman–Crippen MR) is 94.5 cm³/mol. The van der Waals surface area contributed by atoms with Gasteiger partial charge in [-0.15, -0.1) is 0 Å². The summed E-state index contributed by atoms with van der Waals surface area (Å²) in [6, 6.07) is 7.82. The minimum Gasteiger partial charge on any atom is -0.360 e. The van der Waals surface area contributed by atoms with E-state index in [1.807, 2.05) is 66.9 Å². The molecule has 0 fully saturated rings. The van der Waals surface area contributed by atoms with Crippen LogP contribution in [-0.2, 0) is 0 Å². The van der Waals surface area contributed by atoms with Gasteiger partial charge in [-0.2, -0.15) is 0 Å². The lowest BCUT2D eigenvalue weighted by Crippen LogP contribution is -2.15. The van der Waals surface area contributed by atoms with E-state index in [1.54, 1.807) is 18.6 Å². The summed E-state index contributed by atoms with van der Waals surface area (Å²) >= 11 is 0. The minimum atomic E-state index is -0.0496. The molecular weight excluding hydrogens is 272 g/mol. The van der Waals surface area contributed by atoms with Crippen LogP contribution in [-0.4, -0.2) is 24.2 Å². The summed E-state index contributed by atoms with van der Waals surface area (Å²) in [7, 11) is 0.